The summed E-state index contributed by atoms with van der Waals surface area (Å²) >= 11 is 0. The zero-order valence-corrected chi connectivity index (χ0v) is 16.0. The molecule has 2 saturated carbocycles. The Morgan fingerprint density at radius 3 is 2.63 bits per heavy atom. The molecule has 1 aliphatic heterocycles. The maximum absolute atomic E-state index is 12.8. The fourth-order valence-corrected chi connectivity index (χ4v) is 6.73. The van der Waals surface area contributed by atoms with E-state index < -0.39 is 28.0 Å². The summed E-state index contributed by atoms with van der Waals surface area (Å²) in [5, 5.41) is 9.41. The number of nitrogens with one attached hydrogen (secondary N) is 1. The third-order valence-electron chi connectivity index (χ3n) is 6.49. The van der Waals surface area contributed by atoms with Gasteiger partial charge in [0.2, 0.25) is 10.0 Å². The van der Waals surface area contributed by atoms with Gasteiger partial charge in [-0.3, -0.25) is 4.79 Å². The highest BCUT2D eigenvalue weighted by Crippen LogP contribution is 2.58. The van der Waals surface area contributed by atoms with Crippen molar-refractivity contribution >= 4 is 33.2 Å². The first-order valence-electron chi connectivity index (χ1n) is 9.06. The molecular weight excluding hydrogens is 368 g/mol. The van der Waals surface area contributed by atoms with E-state index in [2.05, 4.69) is 9.71 Å². The quantitative estimate of drug-likeness (QED) is 0.799. The number of Topliss-reactive ketones (excluding diaryl/α,β-unsaturated/α-hetero) is 1. The third kappa shape index (κ3) is 2.82. The van der Waals surface area contributed by atoms with Crippen molar-refractivity contribution in [3.8, 4) is 0 Å². The average Bonchev–Trinajstić information content (AvgIpc) is 3.14. The van der Waals surface area contributed by atoms with E-state index in [0.717, 1.165) is 12.8 Å². The fourth-order valence-electron chi connectivity index (χ4n) is 5.16. The minimum absolute atomic E-state index is 0.0283. The average molecular weight is 390 g/mol. The molecule has 144 valence electrons. The highest BCUT2D eigenvalue weighted by atomic mass is 32.2. The van der Waals surface area contributed by atoms with Crippen LogP contribution < -0.4 is 4.72 Å². The van der Waals surface area contributed by atoms with Crippen molar-refractivity contribution in [2.24, 2.45) is 28.2 Å². The number of carboxylic acid groups (broad SMARTS) is 1. The molecule has 2 bridgehead atoms. The summed E-state index contributed by atoms with van der Waals surface area (Å²) in [7, 11) is -3.88. The number of nitrogens with zero attached hydrogens (tertiary/aromatic N) is 1. The Hall–Kier alpha value is -2.06. The lowest BCUT2D eigenvalue weighted by Crippen LogP contribution is -2.40. The van der Waals surface area contributed by atoms with Gasteiger partial charge in [0.05, 0.1) is 17.5 Å². The number of aliphatic carboxylic acids is 1. The molecule has 2 fully saturated rings. The van der Waals surface area contributed by atoms with Crippen LogP contribution in [0, 0.1) is 23.2 Å². The first-order valence-corrected chi connectivity index (χ1v) is 10.7. The standard InChI is InChI=1S/C19H22N2O5S/c1-19(2)12-7-8-13(19)17(22)11(12)9-27(25,26)21-15-10-5-3-4-6-14(10)20-16(15)18(23)24/h3-6,11-13,15,21H,7-9H2,1-2H3,(H,23,24). The molecule has 8 heteroatoms. The lowest BCUT2D eigenvalue weighted by atomic mass is 9.80. The number of rotatable bonds is 5. The number of ketones is 1. The molecule has 7 nitrogen and oxygen atoms in total. The molecule has 1 aromatic rings. The lowest BCUT2D eigenvalue weighted by molar-refractivity contribution is -0.129. The van der Waals surface area contributed by atoms with E-state index in [9.17, 15) is 23.1 Å². The number of para-hydroxylation sites is 1. The number of carbonyl (C=O) groups excluding carboxylic acids is 1. The number of sulfonamides is 1. The highest BCUT2D eigenvalue weighted by Gasteiger charge is 2.59. The molecule has 27 heavy (non-hydrogen) atoms. The second kappa shape index (κ2) is 5.97. The summed E-state index contributed by atoms with van der Waals surface area (Å²) in [4.78, 5) is 28.2. The Morgan fingerprint density at radius 2 is 2.00 bits per heavy atom. The minimum atomic E-state index is -3.88. The molecule has 0 saturated heterocycles. The highest BCUT2D eigenvalue weighted by molar-refractivity contribution is 7.89. The van der Waals surface area contributed by atoms with Crippen LogP contribution in [0.4, 0.5) is 5.69 Å². The maximum atomic E-state index is 12.8. The lowest BCUT2D eigenvalue weighted by Gasteiger charge is -2.25. The number of aliphatic imine (C=N–C) groups is 1. The molecule has 0 radical (unpaired) electrons. The third-order valence-corrected chi connectivity index (χ3v) is 7.89. The van der Waals surface area contributed by atoms with E-state index in [0.29, 0.717) is 11.3 Å². The van der Waals surface area contributed by atoms with Gasteiger partial charge in [0.1, 0.15) is 11.5 Å². The van der Waals surface area contributed by atoms with E-state index in [-0.39, 0.29) is 34.5 Å². The van der Waals surface area contributed by atoms with Gasteiger partial charge < -0.3 is 5.11 Å². The number of hydrogen-bond acceptors (Lipinski definition) is 5. The van der Waals surface area contributed by atoms with Crippen molar-refractivity contribution < 1.29 is 23.1 Å². The zero-order valence-electron chi connectivity index (χ0n) is 15.2. The van der Waals surface area contributed by atoms with E-state index >= 15 is 0 Å². The van der Waals surface area contributed by atoms with Gasteiger partial charge in [0, 0.05) is 17.4 Å². The molecule has 4 unspecified atom stereocenters. The zero-order chi connectivity index (χ0) is 19.6. The van der Waals surface area contributed by atoms with Crippen molar-refractivity contribution in [2.45, 2.75) is 32.7 Å². The first-order chi connectivity index (χ1) is 12.6. The molecule has 4 atom stereocenters. The van der Waals surface area contributed by atoms with Gasteiger partial charge in [-0.05, 0) is 30.2 Å². The Bertz CT molecular complexity index is 966. The molecule has 2 aliphatic carbocycles. The SMILES string of the molecule is CC1(C)C2CCC1C(CS(=O)(=O)NC1C(C(=O)O)=Nc3ccccc31)C2=O. The van der Waals surface area contributed by atoms with Crippen LogP contribution in [-0.2, 0) is 19.6 Å². The molecule has 4 rings (SSSR count). The molecule has 0 spiro atoms. The molecule has 1 aromatic carbocycles. The Kier molecular flexibility index (Phi) is 4.05. The molecule has 2 N–H and O–H groups in total. The predicted molar refractivity (Wildman–Crippen MR) is 99.3 cm³/mol. The summed E-state index contributed by atoms with van der Waals surface area (Å²) < 4.78 is 28.2. The molecule has 0 aromatic heterocycles. The van der Waals surface area contributed by atoms with E-state index in [1.807, 2.05) is 13.8 Å². The van der Waals surface area contributed by atoms with Crippen molar-refractivity contribution in [3.63, 3.8) is 0 Å². The van der Waals surface area contributed by atoms with Crippen LogP contribution in [0.5, 0.6) is 0 Å². The largest absolute Gasteiger partial charge is 0.477 e. The van der Waals surface area contributed by atoms with Gasteiger partial charge >= 0.3 is 5.97 Å². The summed E-state index contributed by atoms with van der Waals surface area (Å²) in [5.41, 5.74) is 0.530. The van der Waals surface area contributed by atoms with Gasteiger partial charge in [-0.1, -0.05) is 32.0 Å². The summed E-state index contributed by atoms with van der Waals surface area (Å²) in [5.74, 6) is -2.10. The second-order valence-electron chi connectivity index (χ2n) is 8.26. The van der Waals surface area contributed by atoms with Crippen molar-refractivity contribution in [1.82, 2.24) is 4.72 Å². The Morgan fingerprint density at radius 1 is 1.30 bits per heavy atom. The van der Waals surface area contributed by atoms with Crippen LogP contribution in [-0.4, -0.2) is 36.7 Å². The van der Waals surface area contributed by atoms with Crippen molar-refractivity contribution in [1.29, 1.82) is 0 Å². The van der Waals surface area contributed by atoms with E-state index in [4.69, 9.17) is 0 Å². The van der Waals surface area contributed by atoms with Crippen LogP contribution in [0.25, 0.3) is 0 Å². The normalized spacial score (nSPS) is 31.0. The number of carbonyl (C=O) groups is 2. The van der Waals surface area contributed by atoms with Gasteiger partial charge in [-0.25, -0.2) is 22.9 Å². The smallest absolute Gasteiger partial charge is 0.352 e. The van der Waals surface area contributed by atoms with Crippen LogP contribution in [0.15, 0.2) is 29.3 Å². The minimum Gasteiger partial charge on any atom is -0.477 e. The number of benzene rings is 1. The Labute approximate surface area is 157 Å². The van der Waals surface area contributed by atoms with Crippen molar-refractivity contribution in [3.05, 3.63) is 29.8 Å². The summed E-state index contributed by atoms with van der Waals surface area (Å²) in [6.45, 7) is 4.07. The first kappa shape index (κ1) is 18.3. The number of hydrogen-bond donors (Lipinski definition) is 2. The molecule has 0 amide bonds. The molecular formula is C19H22N2O5S. The number of fused-ring (bicyclic) bond motifs is 3. The van der Waals surface area contributed by atoms with Crippen molar-refractivity contribution in [2.75, 3.05) is 5.75 Å². The number of carboxylic acids is 1. The van der Waals surface area contributed by atoms with Gasteiger partial charge in [0.15, 0.2) is 0 Å². The van der Waals surface area contributed by atoms with Crippen LogP contribution in [0.2, 0.25) is 0 Å². The van der Waals surface area contributed by atoms with Crippen LogP contribution >= 0.6 is 0 Å². The second-order valence-corrected chi connectivity index (χ2v) is 10.1. The Balaban J connectivity index is 1.58. The predicted octanol–water partition coefficient (Wildman–Crippen LogP) is 2.07. The van der Waals surface area contributed by atoms with Crippen LogP contribution in [0.3, 0.4) is 0 Å². The summed E-state index contributed by atoms with van der Waals surface area (Å²) in [6, 6.07) is 5.70. The van der Waals surface area contributed by atoms with E-state index in [1.165, 1.54) is 0 Å². The van der Waals surface area contributed by atoms with Gasteiger partial charge in [-0.2, -0.15) is 0 Å². The monoisotopic (exact) mass is 390 g/mol. The molecule has 3 aliphatic rings. The fraction of sp³-hybridized carbons (Fsp3) is 0.526. The maximum Gasteiger partial charge on any atom is 0.352 e. The van der Waals surface area contributed by atoms with Gasteiger partial charge in [0.25, 0.3) is 0 Å². The van der Waals surface area contributed by atoms with Crippen LogP contribution in [0.1, 0.15) is 38.3 Å². The topological polar surface area (TPSA) is 113 Å². The summed E-state index contributed by atoms with van der Waals surface area (Å²) in [6.07, 6.45) is 1.68. The van der Waals surface area contributed by atoms with E-state index in [1.54, 1.807) is 24.3 Å². The van der Waals surface area contributed by atoms with Gasteiger partial charge in [-0.15, -0.1) is 0 Å². The molecule has 1 heterocycles.